The highest BCUT2D eigenvalue weighted by atomic mass is 16.5. The number of rotatable bonds is 5. The summed E-state index contributed by atoms with van der Waals surface area (Å²) in [5, 5.41) is 0. The molecule has 1 aliphatic carbocycles. The smallest absolute Gasteiger partial charge is 0.160 e. The zero-order valence-corrected chi connectivity index (χ0v) is 10.1. The molecule has 4 nitrogen and oxygen atoms in total. The first kappa shape index (κ1) is 10.7. The summed E-state index contributed by atoms with van der Waals surface area (Å²) in [5.41, 5.74) is 2.06. The second-order valence-corrected chi connectivity index (χ2v) is 4.57. The molecular formula is C13H17N3O. The highest BCUT2D eigenvalue weighted by Crippen LogP contribution is 2.38. The van der Waals surface area contributed by atoms with Gasteiger partial charge in [0, 0.05) is 32.4 Å². The molecule has 1 fully saturated rings. The van der Waals surface area contributed by atoms with Gasteiger partial charge in [-0.25, -0.2) is 9.97 Å². The molecule has 0 aliphatic heterocycles. The molecular weight excluding hydrogens is 214 g/mol. The largest absolute Gasteiger partial charge is 0.385 e. The molecule has 0 unspecified atom stereocenters. The summed E-state index contributed by atoms with van der Waals surface area (Å²) < 4.78 is 7.43. The molecule has 17 heavy (non-hydrogen) atoms. The van der Waals surface area contributed by atoms with Gasteiger partial charge in [0.1, 0.15) is 11.3 Å². The van der Waals surface area contributed by atoms with Crippen molar-refractivity contribution in [3.8, 4) is 0 Å². The minimum atomic E-state index is 0.632. The van der Waals surface area contributed by atoms with Crippen LogP contribution in [0.3, 0.4) is 0 Å². The van der Waals surface area contributed by atoms with Gasteiger partial charge in [0.25, 0.3) is 0 Å². The van der Waals surface area contributed by atoms with Gasteiger partial charge in [-0.05, 0) is 31.4 Å². The Hall–Kier alpha value is -1.42. The van der Waals surface area contributed by atoms with E-state index in [4.69, 9.17) is 9.72 Å². The molecule has 2 heterocycles. The minimum absolute atomic E-state index is 0.632. The van der Waals surface area contributed by atoms with Crippen LogP contribution in [-0.2, 0) is 11.2 Å². The summed E-state index contributed by atoms with van der Waals surface area (Å²) in [6, 6.07) is 4.62. The van der Waals surface area contributed by atoms with Gasteiger partial charge < -0.3 is 9.30 Å². The fourth-order valence-corrected chi connectivity index (χ4v) is 2.24. The normalized spacial score (nSPS) is 15.6. The Morgan fingerprint density at radius 1 is 1.47 bits per heavy atom. The second-order valence-electron chi connectivity index (χ2n) is 4.57. The number of imidazole rings is 1. The molecule has 0 bridgehead atoms. The van der Waals surface area contributed by atoms with Crippen molar-refractivity contribution in [2.24, 2.45) is 0 Å². The number of hydrogen-bond acceptors (Lipinski definition) is 3. The minimum Gasteiger partial charge on any atom is -0.385 e. The lowest BCUT2D eigenvalue weighted by molar-refractivity contribution is 0.194. The first-order valence-corrected chi connectivity index (χ1v) is 6.21. The Bertz CT molecular complexity index is 516. The maximum atomic E-state index is 5.10. The van der Waals surface area contributed by atoms with Gasteiger partial charge in [-0.1, -0.05) is 0 Å². The molecule has 1 saturated carbocycles. The van der Waals surface area contributed by atoms with E-state index in [2.05, 4.69) is 9.55 Å². The highest BCUT2D eigenvalue weighted by Gasteiger charge is 2.28. The summed E-state index contributed by atoms with van der Waals surface area (Å²) in [6.07, 6.45) is 6.37. The fraction of sp³-hybridized carbons (Fsp3) is 0.538. The molecule has 2 aromatic rings. The summed E-state index contributed by atoms with van der Waals surface area (Å²) in [7, 11) is 1.74. The van der Waals surface area contributed by atoms with Gasteiger partial charge in [-0.2, -0.15) is 0 Å². The molecule has 0 atom stereocenters. The second kappa shape index (κ2) is 4.45. The maximum Gasteiger partial charge on any atom is 0.160 e. The number of methoxy groups -OCH3 is 1. The Labute approximate surface area is 101 Å². The van der Waals surface area contributed by atoms with Crippen LogP contribution in [0.1, 0.15) is 31.1 Å². The van der Waals surface area contributed by atoms with Crippen molar-refractivity contribution >= 4 is 11.2 Å². The first-order chi connectivity index (χ1) is 8.40. The van der Waals surface area contributed by atoms with E-state index in [9.17, 15) is 0 Å². The van der Waals surface area contributed by atoms with E-state index in [1.54, 1.807) is 7.11 Å². The van der Waals surface area contributed by atoms with Gasteiger partial charge in [-0.3, -0.25) is 0 Å². The molecule has 3 rings (SSSR count). The standard InChI is InChI=1S/C13H17N3O/c1-17-9-3-5-12-15-11-4-2-8-14-13(11)16(12)10-6-7-10/h2,4,8,10H,3,5-7,9H2,1H3. The van der Waals surface area contributed by atoms with Crippen molar-refractivity contribution in [3.63, 3.8) is 0 Å². The zero-order chi connectivity index (χ0) is 11.7. The molecule has 1 aliphatic rings. The Balaban J connectivity index is 1.95. The molecule has 0 spiro atoms. The predicted octanol–water partition coefficient (Wildman–Crippen LogP) is 2.35. The number of ether oxygens (including phenoxy) is 1. The van der Waals surface area contributed by atoms with Crippen LogP contribution in [0.15, 0.2) is 18.3 Å². The molecule has 0 aromatic carbocycles. The van der Waals surface area contributed by atoms with Crippen LogP contribution in [-0.4, -0.2) is 28.3 Å². The molecule has 2 aromatic heterocycles. The number of nitrogens with zero attached hydrogens (tertiary/aromatic N) is 3. The van der Waals surface area contributed by atoms with E-state index in [-0.39, 0.29) is 0 Å². The molecule has 0 N–H and O–H groups in total. The first-order valence-electron chi connectivity index (χ1n) is 6.21. The van der Waals surface area contributed by atoms with Crippen LogP contribution in [0.4, 0.5) is 0 Å². The van der Waals surface area contributed by atoms with Crippen molar-refractivity contribution in [2.45, 2.75) is 31.7 Å². The lowest BCUT2D eigenvalue weighted by atomic mass is 10.3. The van der Waals surface area contributed by atoms with E-state index >= 15 is 0 Å². The van der Waals surface area contributed by atoms with Crippen LogP contribution in [0.5, 0.6) is 0 Å². The Morgan fingerprint density at radius 3 is 3.12 bits per heavy atom. The van der Waals surface area contributed by atoms with E-state index in [0.29, 0.717) is 6.04 Å². The van der Waals surface area contributed by atoms with E-state index < -0.39 is 0 Å². The van der Waals surface area contributed by atoms with Gasteiger partial charge in [0.2, 0.25) is 0 Å². The van der Waals surface area contributed by atoms with E-state index in [1.807, 2.05) is 18.3 Å². The van der Waals surface area contributed by atoms with Gasteiger partial charge in [0.05, 0.1) is 0 Å². The topological polar surface area (TPSA) is 39.9 Å². The number of pyridine rings is 1. The highest BCUT2D eigenvalue weighted by molar-refractivity contribution is 5.71. The SMILES string of the molecule is COCCCc1nc2cccnc2n1C1CC1. The third-order valence-corrected chi connectivity index (χ3v) is 3.18. The van der Waals surface area contributed by atoms with Crippen molar-refractivity contribution in [1.29, 1.82) is 0 Å². The average molecular weight is 231 g/mol. The van der Waals surface area contributed by atoms with Crippen LogP contribution in [0.2, 0.25) is 0 Å². The molecule has 0 radical (unpaired) electrons. The zero-order valence-electron chi connectivity index (χ0n) is 10.1. The van der Waals surface area contributed by atoms with Gasteiger partial charge >= 0.3 is 0 Å². The molecule has 90 valence electrons. The lowest BCUT2D eigenvalue weighted by Gasteiger charge is -2.06. The van der Waals surface area contributed by atoms with Gasteiger partial charge in [0.15, 0.2) is 5.65 Å². The summed E-state index contributed by atoms with van der Waals surface area (Å²) in [5.74, 6) is 1.17. The van der Waals surface area contributed by atoms with Crippen molar-refractivity contribution in [2.75, 3.05) is 13.7 Å². The van der Waals surface area contributed by atoms with Crippen LogP contribution >= 0.6 is 0 Å². The van der Waals surface area contributed by atoms with E-state index in [0.717, 1.165) is 30.6 Å². The molecule has 4 heteroatoms. The number of aromatic nitrogens is 3. The van der Waals surface area contributed by atoms with Crippen molar-refractivity contribution in [1.82, 2.24) is 14.5 Å². The summed E-state index contributed by atoms with van der Waals surface area (Å²) in [4.78, 5) is 9.15. The third-order valence-electron chi connectivity index (χ3n) is 3.18. The van der Waals surface area contributed by atoms with Crippen LogP contribution in [0, 0.1) is 0 Å². The van der Waals surface area contributed by atoms with Gasteiger partial charge in [-0.15, -0.1) is 0 Å². The Kier molecular flexibility index (Phi) is 2.81. The van der Waals surface area contributed by atoms with Crippen molar-refractivity contribution in [3.05, 3.63) is 24.2 Å². The predicted molar refractivity (Wildman–Crippen MR) is 66.0 cm³/mol. The summed E-state index contributed by atoms with van der Waals surface area (Å²) >= 11 is 0. The number of fused-ring (bicyclic) bond motifs is 1. The lowest BCUT2D eigenvalue weighted by Crippen LogP contribution is -2.04. The fourth-order valence-electron chi connectivity index (χ4n) is 2.24. The molecule has 0 amide bonds. The van der Waals surface area contributed by atoms with E-state index in [1.165, 1.54) is 18.7 Å². The average Bonchev–Trinajstić information content (AvgIpc) is 3.11. The quantitative estimate of drug-likeness (QED) is 0.741. The van der Waals surface area contributed by atoms with Crippen LogP contribution in [0.25, 0.3) is 11.2 Å². The number of hydrogen-bond donors (Lipinski definition) is 0. The van der Waals surface area contributed by atoms with Crippen LogP contribution < -0.4 is 0 Å². The maximum absolute atomic E-state index is 5.10. The monoisotopic (exact) mass is 231 g/mol. The summed E-state index contributed by atoms with van der Waals surface area (Å²) in [6.45, 7) is 0.793. The van der Waals surface area contributed by atoms with Crippen molar-refractivity contribution < 1.29 is 4.74 Å². The molecule has 0 saturated heterocycles. The number of aryl methyl sites for hydroxylation is 1. The third kappa shape index (κ3) is 2.05. The Morgan fingerprint density at radius 2 is 2.35 bits per heavy atom.